The molecule has 1 saturated carbocycles. The standard InChI is InChI=1S/C54H77N7O10/c1-29(2)26-60-22-20-54(21-23-60)58-43-40-41-47(64)35(8)50-42(40)51(66)53(9,71-50)69-24-19-38(68-10)33(6)49(70-39(62)28-61(56)27-37(55)36-17-12-11-13-18-36)34(7)46(63)32(5)25-30(3)15-14-16-31(4)52(67)57-45(48(41)65)44(43)59-54/h14-16,19,24,27,29-30,32-34,36,38,46,49,63-65H,11-13,17-18,20-23,25-26,28,55-56H2,1-10H3,(H,57,67)/b15-14+,24-19+,31-16-,37-27-/t30?,32-,33-,34-,38+,46-,49-,53?/m1/s1. The van der Waals surface area contributed by atoms with Gasteiger partial charge in [-0.05, 0) is 62.9 Å². The van der Waals surface area contributed by atoms with Crippen molar-refractivity contribution in [2.45, 2.75) is 143 Å². The van der Waals surface area contributed by atoms with Crippen LogP contribution in [-0.4, -0.2) is 106 Å². The fourth-order valence-corrected chi connectivity index (χ4v) is 11.2. The number of carbonyl (C=O) groups excluding carboxylic acids is 3. The van der Waals surface area contributed by atoms with Gasteiger partial charge in [0, 0.05) is 86.8 Å². The Balaban J connectivity index is 1.29. The molecule has 8 atom stereocenters. The summed E-state index contributed by atoms with van der Waals surface area (Å²) in [5.74, 6) is 0.968. The quantitative estimate of drug-likeness (QED) is 0.0735. The Morgan fingerprint density at radius 2 is 1.69 bits per heavy atom. The van der Waals surface area contributed by atoms with E-state index in [9.17, 15) is 29.7 Å². The lowest BCUT2D eigenvalue weighted by Gasteiger charge is -2.37. The number of aliphatic hydroxyl groups is 1. The van der Waals surface area contributed by atoms with E-state index < -0.39 is 65.0 Å². The number of esters is 1. The van der Waals surface area contributed by atoms with Crippen LogP contribution in [0.1, 0.15) is 123 Å². The third-order valence-electron chi connectivity index (χ3n) is 15.3. The number of carbonyl (C=O) groups is 3. The van der Waals surface area contributed by atoms with Crippen molar-refractivity contribution in [3.8, 4) is 17.2 Å². The van der Waals surface area contributed by atoms with E-state index >= 15 is 0 Å². The Hall–Kier alpha value is -5.49. The molecular formula is C54H77N7O10. The predicted molar refractivity (Wildman–Crippen MR) is 270 cm³/mol. The number of piperidine rings is 1. The first kappa shape index (κ1) is 53.3. The molecule has 1 saturated heterocycles. The van der Waals surface area contributed by atoms with Gasteiger partial charge in [-0.2, -0.15) is 0 Å². The molecule has 1 aliphatic carbocycles. The zero-order chi connectivity index (χ0) is 51.7. The van der Waals surface area contributed by atoms with Crippen LogP contribution in [0.2, 0.25) is 0 Å². The highest BCUT2D eigenvalue weighted by Crippen LogP contribution is 2.50. The van der Waals surface area contributed by atoms with Crippen molar-refractivity contribution >= 4 is 34.1 Å². The Morgan fingerprint density at radius 3 is 2.35 bits per heavy atom. The van der Waals surface area contributed by atoms with Crippen LogP contribution in [0.3, 0.4) is 0 Å². The number of Topliss-reactive ketones (excluding diaryl/α,β-unsaturated/α-hetero) is 1. The van der Waals surface area contributed by atoms with Crippen molar-refractivity contribution in [2.24, 2.45) is 57.1 Å². The molecule has 71 heavy (non-hydrogen) atoms. The minimum atomic E-state index is -1.97. The number of ketones is 1. The smallest absolute Gasteiger partial charge is 0.327 e. The lowest BCUT2D eigenvalue weighted by molar-refractivity contribution is -0.162. The second-order valence-corrected chi connectivity index (χ2v) is 21.5. The fourth-order valence-electron chi connectivity index (χ4n) is 11.2. The number of likely N-dealkylation sites (tertiary alicyclic amines) is 1. The number of anilines is 1. The molecule has 8 N–H and O–H groups in total. The zero-order valence-electron chi connectivity index (χ0n) is 43.3. The number of nitrogens with two attached hydrogens (primary N) is 2. The summed E-state index contributed by atoms with van der Waals surface area (Å²) in [5.41, 5.74) is 6.59. The number of fused-ring (bicyclic) bond motifs is 13. The summed E-state index contributed by atoms with van der Waals surface area (Å²) < 4.78 is 24.8. The molecule has 5 aliphatic heterocycles. The number of benzene rings is 2. The normalized spacial score (nSPS) is 30.5. The third kappa shape index (κ3) is 11.1. The second kappa shape index (κ2) is 21.7. The highest BCUT2D eigenvalue weighted by molar-refractivity contribution is 6.19. The number of hydrazine groups is 1. The SMILES string of the molecule is CO[C@H]1/C=C/OC2(C)Oc3c(C)c(O)c4c(O)c(c5c(c4c3C2=O)=NC2(CCN(CC(C)C)CC2)N=5)NC(=O)/C(C)=C\C=C\C(C)C[C@@H](C)[C@@H](O)[C@@H](C)[C@H](OC(=O)CN(N)/C=C(\N)C2CCCCC2)[C@@H]1C. The van der Waals surface area contributed by atoms with Gasteiger partial charge >= 0.3 is 11.8 Å². The molecule has 2 unspecified atom stereocenters. The van der Waals surface area contributed by atoms with Crippen LogP contribution in [0.25, 0.3) is 10.8 Å². The number of phenolic OH excluding ortho intramolecular Hbond substituents is 2. The number of hydrogen-bond donors (Lipinski definition) is 6. The molecule has 0 aromatic heterocycles. The summed E-state index contributed by atoms with van der Waals surface area (Å²) in [6.07, 6.45) is 14.2. The van der Waals surface area contributed by atoms with E-state index in [0.29, 0.717) is 49.5 Å². The van der Waals surface area contributed by atoms with Crippen molar-refractivity contribution in [1.29, 1.82) is 0 Å². The van der Waals surface area contributed by atoms with Gasteiger partial charge in [-0.15, -0.1) is 0 Å². The molecule has 1 amide bonds. The van der Waals surface area contributed by atoms with E-state index in [1.54, 1.807) is 38.3 Å². The number of nitrogens with one attached hydrogen (secondary N) is 1. The van der Waals surface area contributed by atoms with Crippen LogP contribution in [-0.2, 0) is 23.8 Å². The monoisotopic (exact) mass is 984 g/mol. The highest BCUT2D eigenvalue weighted by atomic mass is 16.7. The van der Waals surface area contributed by atoms with Gasteiger partial charge in [0.25, 0.3) is 11.7 Å². The maximum absolute atomic E-state index is 14.9. The maximum atomic E-state index is 14.9. The number of nitrogens with zero attached hydrogens (tertiary/aromatic N) is 4. The molecule has 17 heteroatoms. The van der Waals surface area contributed by atoms with E-state index in [-0.39, 0.29) is 74.1 Å². The van der Waals surface area contributed by atoms with Gasteiger partial charge < -0.3 is 55.2 Å². The van der Waals surface area contributed by atoms with E-state index in [1.807, 2.05) is 33.8 Å². The minimum Gasteiger partial charge on any atom is -0.507 e. The number of amides is 1. The van der Waals surface area contributed by atoms with Crippen molar-refractivity contribution in [1.82, 2.24) is 9.91 Å². The number of aliphatic hydroxyl groups excluding tert-OH is 1. The average Bonchev–Trinajstić information content (AvgIpc) is 3.83. The second-order valence-electron chi connectivity index (χ2n) is 21.5. The molecular weight excluding hydrogens is 907 g/mol. The summed E-state index contributed by atoms with van der Waals surface area (Å²) in [6.45, 7) is 18.7. The first-order chi connectivity index (χ1) is 33.6. The van der Waals surface area contributed by atoms with E-state index in [4.69, 9.17) is 40.5 Å². The first-order valence-electron chi connectivity index (χ1n) is 25.5. The molecule has 8 rings (SSSR count). The number of hydrogen-bond acceptors (Lipinski definition) is 16. The van der Waals surface area contributed by atoms with Crippen molar-refractivity contribution in [3.05, 3.63) is 69.9 Å². The van der Waals surface area contributed by atoms with Crippen LogP contribution in [0.5, 0.6) is 17.2 Å². The Morgan fingerprint density at radius 1 is 1.01 bits per heavy atom. The van der Waals surface area contributed by atoms with Crippen LogP contribution in [0, 0.1) is 42.4 Å². The fraction of sp³-hybridized carbons (Fsp3) is 0.611. The number of phenols is 2. The Bertz CT molecular complexity index is 2610. The molecule has 17 nitrogen and oxygen atoms in total. The van der Waals surface area contributed by atoms with Gasteiger partial charge in [0.1, 0.15) is 35.2 Å². The Kier molecular flexibility index (Phi) is 16.3. The number of rotatable bonds is 8. The number of methoxy groups -OCH3 is 1. The average molecular weight is 984 g/mol. The van der Waals surface area contributed by atoms with Crippen molar-refractivity contribution in [2.75, 3.05) is 38.6 Å². The molecule has 5 bridgehead atoms. The molecule has 0 radical (unpaired) electrons. The Labute approximate surface area is 417 Å². The molecule has 5 heterocycles. The van der Waals surface area contributed by atoms with Gasteiger partial charge in [-0.25, -0.2) is 5.84 Å². The zero-order valence-corrected chi connectivity index (χ0v) is 43.3. The maximum Gasteiger partial charge on any atom is 0.327 e. The summed E-state index contributed by atoms with van der Waals surface area (Å²) in [6, 6.07) is 0. The number of allylic oxidation sites excluding steroid dienone is 4. The largest absolute Gasteiger partial charge is 0.507 e. The number of aromatic hydroxyl groups is 2. The summed E-state index contributed by atoms with van der Waals surface area (Å²) >= 11 is 0. The van der Waals surface area contributed by atoms with Gasteiger partial charge in [-0.3, -0.25) is 24.4 Å². The van der Waals surface area contributed by atoms with E-state index in [0.717, 1.165) is 32.2 Å². The molecule has 6 aliphatic rings. The lowest BCUT2D eigenvalue weighted by Crippen LogP contribution is -2.46. The highest BCUT2D eigenvalue weighted by Gasteiger charge is 2.50. The van der Waals surface area contributed by atoms with E-state index in [2.05, 4.69) is 24.1 Å². The van der Waals surface area contributed by atoms with Gasteiger partial charge in [0.15, 0.2) is 11.4 Å². The van der Waals surface area contributed by atoms with Gasteiger partial charge in [0.05, 0.1) is 34.8 Å². The molecule has 1 spiro atoms. The summed E-state index contributed by atoms with van der Waals surface area (Å²) in [4.78, 5) is 55.5. The van der Waals surface area contributed by atoms with Crippen LogP contribution in [0.15, 0.2) is 58.0 Å². The third-order valence-corrected chi connectivity index (χ3v) is 15.3. The topological polar surface area (TPSA) is 244 Å². The summed E-state index contributed by atoms with van der Waals surface area (Å²) in [7, 11) is 1.50. The van der Waals surface area contributed by atoms with Crippen molar-refractivity contribution < 1.29 is 48.7 Å². The van der Waals surface area contributed by atoms with Crippen LogP contribution < -0.4 is 32.3 Å². The molecule has 2 aromatic carbocycles. The molecule has 388 valence electrons. The van der Waals surface area contributed by atoms with Gasteiger partial charge in [-0.1, -0.05) is 79.0 Å². The summed E-state index contributed by atoms with van der Waals surface area (Å²) in [5, 5.41) is 40.8. The number of ether oxygens (including phenoxy) is 4. The van der Waals surface area contributed by atoms with Crippen LogP contribution >= 0.6 is 0 Å². The van der Waals surface area contributed by atoms with E-state index in [1.165, 1.54) is 31.7 Å². The molecule has 2 aromatic rings. The minimum absolute atomic E-state index is 0.0255. The molecule has 2 fully saturated rings. The van der Waals surface area contributed by atoms with Crippen molar-refractivity contribution in [3.63, 3.8) is 0 Å². The van der Waals surface area contributed by atoms with Crippen LogP contribution in [0.4, 0.5) is 5.69 Å². The lowest BCUT2D eigenvalue weighted by atomic mass is 9.79. The first-order valence-corrected chi connectivity index (χ1v) is 25.5. The van der Waals surface area contributed by atoms with Gasteiger partial charge in [0.2, 0.25) is 0 Å². The predicted octanol–water partition coefficient (Wildman–Crippen LogP) is 6.31.